The Morgan fingerprint density at radius 1 is 1.44 bits per heavy atom. The highest BCUT2D eigenvalue weighted by Crippen LogP contribution is 2.30. The lowest BCUT2D eigenvalue weighted by Gasteiger charge is -2.33. The van der Waals surface area contributed by atoms with Gasteiger partial charge in [0.25, 0.3) is 5.91 Å². The number of hydrogen-bond donors (Lipinski definition) is 1. The molecule has 0 aliphatic carbocycles. The summed E-state index contributed by atoms with van der Waals surface area (Å²) in [5, 5.41) is 6.49. The molecule has 0 radical (unpaired) electrons. The normalized spacial score (nSPS) is 18.4. The van der Waals surface area contributed by atoms with E-state index in [9.17, 15) is 18.0 Å². The lowest BCUT2D eigenvalue weighted by Crippen LogP contribution is -2.46. The number of nitrogens with one attached hydrogen (secondary N) is 1. The average Bonchev–Trinajstić information content (AvgIpc) is 3.00. The Morgan fingerprint density at radius 2 is 2.24 bits per heavy atom. The Morgan fingerprint density at radius 3 is 2.92 bits per heavy atom. The summed E-state index contributed by atoms with van der Waals surface area (Å²) in [6.07, 6.45) is -3.15. The fourth-order valence-corrected chi connectivity index (χ4v) is 2.92. The van der Waals surface area contributed by atoms with Crippen molar-refractivity contribution in [3.8, 4) is 0 Å². The van der Waals surface area contributed by atoms with E-state index in [1.54, 1.807) is 11.0 Å². The second-order valence-corrected chi connectivity index (χ2v) is 6.15. The molecular weight excluding hydrogens is 359 g/mol. The summed E-state index contributed by atoms with van der Waals surface area (Å²) in [6, 6.07) is 5.12. The van der Waals surface area contributed by atoms with Crippen LogP contribution in [0.1, 0.15) is 21.6 Å². The Hall–Kier alpha value is -2.06. The first-order valence-electron chi connectivity index (χ1n) is 7.60. The van der Waals surface area contributed by atoms with Gasteiger partial charge < -0.3 is 9.64 Å². The summed E-state index contributed by atoms with van der Waals surface area (Å²) >= 11 is 5.90. The molecule has 0 spiro atoms. The minimum absolute atomic E-state index is 0.196. The van der Waals surface area contributed by atoms with Gasteiger partial charge in [0.1, 0.15) is 5.69 Å². The summed E-state index contributed by atoms with van der Waals surface area (Å²) in [7, 11) is 0. The number of nitrogens with zero attached hydrogens (tertiary/aromatic N) is 2. The molecule has 25 heavy (non-hydrogen) atoms. The Labute approximate surface area is 146 Å². The molecule has 5 nitrogen and oxygen atoms in total. The number of H-pyrrole nitrogens is 1. The van der Waals surface area contributed by atoms with Gasteiger partial charge in [0.05, 0.1) is 29.5 Å². The zero-order valence-electron chi connectivity index (χ0n) is 13.0. The van der Waals surface area contributed by atoms with Crippen LogP contribution in [-0.2, 0) is 17.3 Å². The van der Waals surface area contributed by atoms with Crippen LogP contribution >= 0.6 is 11.6 Å². The van der Waals surface area contributed by atoms with E-state index in [0.717, 1.165) is 12.1 Å². The summed E-state index contributed by atoms with van der Waals surface area (Å²) < 4.78 is 44.0. The monoisotopic (exact) mass is 373 g/mol. The molecule has 0 unspecified atom stereocenters. The first-order chi connectivity index (χ1) is 11.8. The van der Waals surface area contributed by atoms with Crippen LogP contribution < -0.4 is 0 Å². The maximum atomic E-state index is 12.8. The summed E-state index contributed by atoms with van der Waals surface area (Å²) in [4.78, 5) is 14.0. The topological polar surface area (TPSA) is 58.2 Å². The van der Waals surface area contributed by atoms with Crippen molar-refractivity contribution in [1.29, 1.82) is 0 Å². The Bertz CT molecular complexity index is 763. The average molecular weight is 374 g/mol. The van der Waals surface area contributed by atoms with E-state index in [1.165, 1.54) is 12.3 Å². The Balaban J connectivity index is 1.68. The number of ether oxygens (including phenoxy) is 1. The molecule has 1 N–H and O–H groups in total. The number of alkyl halides is 3. The predicted molar refractivity (Wildman–Crippen MR) is 84.4 cm³/mol. The first kappa shape index (κ1) is 17.8. The maximum Gasteiger partial charge on any atom is 0.416 e. The van der Waals surface area contributed by atoms with Crippen molar-refractivity contribution in [3.63, 3.8) is 0 Å². The molecule has 0 bridgehead atoms. The molecule has 1 aromatic heterocycles. The van der Waals surface area contributed by atoms with Crippen molar-refractivity contribution in [2.45, 2.75) is 18.7 Å². The van der Waals surface area contributed by atoms with Gasteiger partial charge >= 0.3 is 6.18 Å². The van der Waals surface area contributed by atoms with Gasteiger partial charge in [0, 0.05) is 19.5 Å². The zero-order chi connectivity index (χ0) is 18.0. The first-order valence-corrected chi connectivity index (χ1v) is 7.98. The van der Waals surface area contributed by atoms with Crippen LogP contribution in [0.4, 0.5) is 13.2 Å². The van der Waals surface area contributed by atoms with E-state index >= 15 is 0 Å². The zero-order valence-corrected chi connectivity index (χ0v) is 13.8. The lowest BCUT2D eigenvalue weighted by atomic mass is 10.0. The summed E-state index contributed by atoms with van der Waals surface area (Å²) in [6.45, 7) is 0.957. The number of hydrogen-bond acceptors (Lipinski definition) is 3. The van der Waals surface area contributed by atoms with E-state index in [4.69, 9.17) is 16.3 Å². The van der Waals surface area contributed by atoms with E-state index in [0.29, 0.717) is 18.7 Å². The van der Waals surface area contributed by atoms with Gasteiger partial charge in [-0.3, -0.25) is 9.89 Å². The van der Waals surface area contributed by atoms with Crippen molar-refractivity contribution in [1.82, 2.24) is 15.1 Å². The number of carbonyl (C=O) groups excluding carboxylic acids is 1. The van der Waals surface area contributed by atoms with Gasteiger partial charge in [-0.15, -0.1) is 0 Å². The number of benzene rings is 1. The number of halogens is 4. The van der Waals surface area contributed by atoms with Crippen molar-refractivity contribution >= 4 is 17.5 Å². The fraction of sp³-hybridized carbons (Fsp3) is 0.375. The van der Waals surface area contributed by atoms with Crippen molar-refractivity contribution < 1.29 is 22.7 Å². The van der Waals surface area contributed by atoms with Gasteiger partial charge in [-0.1, -0.05) is 29.8 Å². The molecule has 0 saturated carbocycles. The van der Waals surface area contributed by atoms with Crippen LogP contribution in [0.3, 0.4) is 0 Å². The van der Waals surface area contributed by atoms with Crippen molar-refractivity contribution in [2.24, 2.45) is 0 Å². The molecule has 9 heteroatoms. The highest BCUT2D eigenvalue weighted by molar-refractivity contribution is 6.33. The van der Waals surface area contributed by atoms with Crippen LogP contribution in [0.2, 0.25) is 5.02 Å². The minimum Gasteiger partial charge on any atom is -0.374 e. The molecule has 2 aromatic rings. The summed E-state index contributed by atoms with van der Waals surface area (Å²) in [5.41, 5.74) is 0.00747. The molecule has 1 amide bonds. The number of carbonyl (C=O) groups is 1. The third-order valence-corrected chi connectivity index (χ3v) is 4.24. The number of morpholine rings is 1. The second-order valence-electron chi connectivity index (χ2n) is 5.74. The molecule has 2 heterocycles. The van der Waals surface area contributed by atoms with Crippen molar-refractivity contribution in [3.05, 3.63) is 52.3 Å². The molecule has 3 rings (SSSR count). The molecule has 1 atom stereocenters. The van der Waals surface area contributed by atoms with Crippen LogP contribution in [0.5, 0.6) is 0 Å². The third kappa shape index (κ3) is 4.13. The third-order valence-electron chi connectivity index (χ3n) is 3.95. The van der Waals surface area contributed by atoms with Crippen LogP contribution in [0, 0.1) is 0 Å². The summed E-state index contributed by atoms with van der Waals surface area (Å²) in [5.74, 6) is -0.306. The predicted octanol–water partition coefficient (Wildman–Crippen LogP) is 3.17. The lowest BCUT2D eigenvalue weighted by molar-refractivity contribution is -0.137. The molecule has 1 saturated heterocycles. The van der Waals surface area contributed by atoms with Gasteiger partial charge in [-0.2, -0.15) is 18.3 Å². The van der Waals surface area contributed by atoms with Gasteiger partial charge in [-0.05, 0) is 11.6 Å². The largest absolute Gasteiger partial charge is 0.416 e. The molecule has 1 aliphatic rings. The molecular formula is C16H15ClF3N3O2. The highest BCUT2D eigenvalue weighted by Gasteiger charge is 2.31. The van der Waals surface area contributed by atoms with E-state index < -0.39 is 11.7 Å². The number of rotatable bonds is 3. The van der Waals surface area contributed by atoms with Crippen LogP contribution in [-0.4, -0.2) is 46.8 Å². The van der Waals surface area contributed by atoms with Gasteiger partial charge in [0.2, 0.25) is 0 Å². The fourth-order valence-electron chi connectivity index (χ4n) is 2.74. The van der Waals surface area contributed by atoms with E-state index in [-0.39, 0.29) is 35.7 Å². The molecule has 1 aliphatic heterocycles. The number of aromatic amines is 1. The number of amides is 1. The SMILES string of the molecule is O=C(c1[nH]ncc1Cl)N1CCO[C@H](Cc2cccc(C(F)(F)F)c2)C1. The highest BCUT2D eigenvalue weighted by atomic mass is 35.5. The Kier molecular flexibility index (Phi) is 5.01. The molecule has 1 fully saturated rings. The van der Waals surface area contributed by atoms with E-state index in [1.807, 2.05) is 0 Å². The number of aromatic nitrogens is 2. The standard InChI is InChI=1S/C16H15ClF3N3O2/c17-13-8-21-22-14(13)15(24)23-4-5-25-12(9-23)7-10-2-1-3-11(6-10)16(18,19)20/h1-3,6,8,12H,4-5,7,9H2,(H,21,22)/t12-/m1/s1. The molecule has 134 valence electrons. The molecule has 1 aromatic carbocycles. The second kappa shape index (κ2) is 7.05. The van der Waals surface area contributed by atoms with Crippen LogP contribution in [0.15, 0.2) is 30.5 Å². The smallest absolute Gasteiger partial charge is 0.374 e. The van der Waals surface area contributed by atoms with Gasteiger partial charge in [-0.25, -0.2) is 0 Å². The quantitative estimate of drug-likeness (QED) is 0.899. The van der Waals surface area contributed by atoms with Gasteiger partial charge in [0.15, 0.2) is 0 Å². The van der Waals surface area contributed by atoms with Crippen LogP contribution in [0.25, 0.3) is 0 Å². The van der Waals surface area contributed by atoms with Crippen molar-refractivity contribution in [2.75, 3.05) is 19.7 Å². The minimum atomic E-state index is -4.39. The maximum absolute atomic E-state index is 12.8. The van der Waals surface area contributed by atoms with E-state index in [2.05, 4.69) is 10.2 Å².